The highest BCUT2D eigenvalue weighted by molar-refractivity contribution is 7.88. The Morgan fingerprint density at radius 1 is 1.38 bits per heavy atom. The molecule has 9 heteroatoms. The standard InChI is InChI=1S/C15H22N4O4S/c1-24(21,22)19-7-4-15(5-8-19)14-16-6-9-18(14)10-12(23-15)13(20)17-11-2-3-11/h6,9,11-12H,2-5,7-8,10H2,1H3,(H,17,20). The molecule has 1 saturated heterocycles. The fourth-order valence-corrected chi connectivity index (χ4v) is 4.42. The van der Waals surface area contributed by atoms with Crippen molar-refractivity contribution in [3.8, 4) is 0 Å². The Morgan fingerprint density at radius 2 is 2.08 bits per heavy atom. The van der Waals surface area contributed by atoms with Crippen LogP contribution in [0, 0.1) is 0 Å². The molecule has 1 saturated carbocycles. The number of nitrogens with one attached hydrogen (secondary N) is 1. The van der Waals surface area contributed by atoms with Gasteiger partial charge in [-0.25, -0.2) is 17.7 Å². The monoisotopic (exact) mass is 354 g/mol. The van der Waals surface area contributed by atoms with Crippen LogP contribution in [-0.2, 0) is 31.7 Å². The third-order valence-electron chi connectivity index (χ3n) is 5.07. The summed E-state index contributed by atoms with van der Waals surface area (Å²) < 4.78 is 33.2. The van der Waals surface area contributed by atoms with Gasteiger partial charge in [0.2, 0.25) is 10.0 Å². The summed E-state index contributed by atoms with van der Waals surface area (Å²) >= 11 is 0. The van der Waals surface area contributed by atoms with E-state index in [0.29, 0.717) is 32.5 Å². The van der Waals surface area contributed by atoms with Gasteiger partial charge in [-0.3, -0.25) is 4.79 Å². The molecular formula is C15H22N4O4S. The molecule has 0 aromatic carbocycles. The van der Waals surface area contributed by atoms with E-state index in [1.165, 1.54) is 10.6 Å². The molecule has 0 bridgehead atoms. The maximum atomic E-state index is 12.5. The summed E-state index contributed by atoms with van der Waals surface area (Å²) in [7, 11) is -3.21. The van der Waals surface area contributed by atoms with Crippen molar-refractivity contribution < 1.29 is 17.9 Å². The summed E-state index contributed by atoms with van der Waals surface area (Å²) in [6, 6.07) is 0.285. The van der Waals surface area contributed by atoms with E-state index in [2.05, 4.69) is 10.3 Å². The van der Waals surface area contributed by atoms with Gasteiger partial charge in [0.05, 0.1) is 12.8 Å². The van der Waals surface area contributed by atoms with Crippen molar-refractivity contribution in [1.29, 1.82) is 0 Å². The number of fused-ring (bicyclic) bond motifs is 2. The van der Waals surface area contributed by atoms with Crippen molar-refractivity contribution in [3.63, 3.8) is 0 Å². The minimum Gasteiger partial charge on any atom is -0.352 e. The third-order valence-corrected chi connectivity index (χ3v) is 6.37. The summed E-state index contributed by atoms with van der Waals surface area (Å²) in [5.41, 5.74) is -0.686. The van der Waals surface area contributed by atoms with Crippen LogP contribution >= 0.6 is 0 Å². The maximum Gasteiger partial charge on any atom is 0.251 e. The van der Waals surface area contributed by atoms with E-state index in [4.69, 9.17) is 4.74 Å². The molecule has 1 aromatic heterocycles. The summed E-state index contributed by atoms with van der Waals surface area (Å²) in [4.78, 5) is 16.9. The molecule has 3 heterocycles. The first-order valence-corrected chi connectivity index (χ1v) is 10.2. The number of hydrogen-bond donors (Lipinski definition) is 1. The third kappa shape index (κ3) is 2.84. The molecule has 1 aliphatic carbocycles. The highest BCUT2D eigenvalue weighted by atomic mass is 32.2. The van der Waals surface area contributed by atoms with Gasteiger partial charge in [-0.2, -0.15) is 0 Å². The maximum absolute atomic E-state index is 12.5. The van der Waals surface area contributed by atoms with Crippen LogP contribution in [-0.4, -0.2) is 59.7 Å². The first-order valence-electron chi connectivity index (χ1n) is 8.32. The zero-order valence-electron chi connectivity index (χ0n) is 13.6. The summed E-state index contributed by atoms with van der Waals surface area (Å²) in [5, 5.41) is 3.00. The summed E-state index contributed by atoms with van der Waals surface area (Å²) in [6.07, 6.45) is 7.31. The van der Waals surface area contributed by atoms with E-state index in [1.807, 2.05) is 10.8 Å². The molecule has 1 amide bonds. The van der Waals surface area contributed by atoms with E-state index in [-0.39, 0.29) is 11.9 Å². The predicted octanol–water partition coefficient (Wildman–Crippen LogP) is -0.189. The van der Waals surface area contributed by atoms with Gasteiger partial charge in [0.25, 0.3) is 5.91 Å². The quantitative estimate of drug-likeness (QED) is 0.812. The van der Waals surface area contributed by atoms with Crippen molar-refractivity contribution in [3.05, 3.63) is 18.2 Å². The predicted molar refractivity (Wildman–Crippen MR) is 85.6 cm³/mol. The van der Waals surface area contributed by atoms with E-state index >= 15 is 0 Å². The molecule has 0 radical (unpaired) electrons. The lowest BCUT2D eigenvalue weighted by molar-refractivity contribution is -0.171. The first kappa shape index (κ1) is 16.0. The fourth-order valence-electron chi connectivity index (χ4n) is 3.58. The molecule has 1 spiro atoms. The van der Waals surface area contributed by atoms with Crippen molar-refractivity contribution in [2.24, 2.45) is 0 Å². The lowest BCUT2D eigenvalue weighted by Crippen LogP contribution is -2.54. The Bertz CT molecular complexity index is 747. The van der Waals surface area contributed by atoms with Gasteiger partial charge in [-0.05, 0) is 25.7 Å². The van der Waals surface area contributed by atoms with Crippen molar-refractivity contribution in [1.82, 2.24) is 19.2 Å². The van der Waals surface area contributed by atoms with Crippen LogP contribution in [0.25, 0.3) is 0 Å². The van der Waals surface area contributed by atoms with Crippen LogP contribution in [0.3, 0.4) is 0 Å². The average molecular weight is 354 g/mol. The van der Waals surface area contributed by atoms with Gasteiger partial charge < -0.3 is 14.6 Å². The van der Waals surface area contributed by atoms with E-state index < -0.39 is 21.7 Å². The van der Waals surface area contributed by atoms with Crippen LogP contribution in [0.15, 0.2) is 12.4 Å². The molecule has 1 N–H and O–H groups in total. The number of sulfonamides is 1. The Labute approximate surface area is 141 Å². The van der Waals surface area contributed by atoms with Gasteiger partial charge in [-0.1, -0.05) is 0 Å². The van der Waals surface area contributed by atoms with Crippen molar-refractivity contribution in [2.75, 3.05) is 19.3 Å². The zero-order chi connectivity index (χ0) is 16.9. The molecule has 2 fully saturated rings. The number of ether oxygens (including phenoxy) is 1. The Balaban J connectivity index is 1.57. The molecule has 2 aliphatic heterocycles. The molecule has 1 aromatic rings. The first-order chi connectivity index (χ1) is 11.4. The number of aromatic nitrogens is 2. The van der Waals surface area contributed by atoms with E-state index in [9.17, 15) is 13.2 Å². The van der Waals surface area contributed by atoms with Crippen molar-refractivity contribution >= 4 is 15.9 Å². The summed E-state index contributed by atoms with van der Waals surface area (Å²) in [5.74, 6) is 0.716. The summed E-state index contributed by atoms with van der Waals surface area (Å²) in [6.45, 7) is 1.21. The van der Waals surface area contributed by atoms with E-state index in [0.717, 1.165) is 18.7 Å². The lowest BCUT2D eigenvalue weighted by atomic mass is 9.89. The normalized spacial score (nSPS) is 27.0. The van der Waals surface area contributed by atoms with Crippen molar-refractivity contribution in [2.45, 2.75) is 50.0 Å². The second-order valence-electron chi connectivity index (χ2n) is 6.95. The number of piperidine rings is 1. The number of carbonyl (C=O) groups is 1. The molecule has 3 aliphatic rings. The average Bonchev–Trinajstić information content (AvgIpc) is 3.20. The Morgan fingerprint density at radius 3 is 2.71 bits per heavy atom. The van der Waals surface area contributed by atoms with Gasteiger partial charge in [0.1, 0.15) is 11.4 Å². The number of imidazole rings is 1. The van der Waals surface area contributed by atoms with Gasteiger partial charge in [-0.15, -0.1) is 0 Å². The van der Waals surface area contributed by atoms with Crippen LogP contribution in [0.4, 0.5) is 0 Å². The van der Waals surface area contributed by atoms with Gasteiger partial charge in [0, 0.05) is 31.5 Å². The molecular weight excluding hydrogens is 332 g/mol. The van der Waals surface area contributed by atoms with Gasteiger partial charge >= 0.3 is 0 Å². The highest BCUT2D eigenvalue weighted by Crippen LogP contribution is 2.40. The molecule has 4 rings (SSSR count). The van der Waals surface area contributed by atoms with Crippen LogP contribution < -0.4 is 5.32 Å². The smallest absolute Gasteiger partial charge is 0.251 e. The minimum atomic E-state index is -3.21. The molecule has 1 atom stereocenters. The van der Waals surface area contributed by atoms with Crippen LogP contribution in [0.2, 0.25) is 0 Å². The Hall–Kier alpha value is -1.45. The second kappa shape index (κ2) is 5.53. The second-order valence-corrected chi connectivity index (χ2v) is 8.93. The number of hydrogen-bond acceptors (Lipinski definition) is 5. The largest absolute Gasteiger partial charge is 0.352 e. The highest BCUT2D eigenvalue weighted by Gasteiger charge is 2.48. The molecule has 1 unspecified atom stereocenters. The topological polar surface area (TPSA) is 93.5 Å². The van der Waals surface area contributed by atoms with Gasteiger partial charge in [0.15, 0.2) is 6.10 Å². The number of carbonyl (C=O) groups excluding carboxylic acids is 1. The number of nitrogens with zero attached hydrogens (tertiary/aromatic N) is 3. The number of rotatable bonds is 3. The minimum absolute atomic E-state index is 0.0817. The van der Waals surface area contributed by atoms with Crippen LogP contribution in [0.1, 0.15) is 31.5 Å². The Kier molecular flexibility index (Phi) is 3.70. The zero-order valence-corrected chi connectivity index (χ0v) is 14.5. The van der Waals surface area contributed by atoms with E-state index in [1.54, 1.807) is 6.20 Å². The SMILES string of the molecule is CS(=O)(=O)N1CCC2(CC1)OC(C(=O)NC1CC1)Cn1ccnc12. The van der Waals surface area contributed by atoms with Crippen LogP contribution in [0.5, 0.6) is 0 Å². The molecule has 8 nitrogen and oxygen atoms in total. The fraction of sp³-hybridized carbons (Fsp3) is 0.733. The number of amides is 1. The molecule has 24 heavy (non-hydrogen) atoms. The molecule has 132 valence electrons. The lowest BCUT2D eigenvalue weighted by Gasteiger charge is -2.44.